The van der Waals surface area contributed by atoms with Gasteiger partial charge in [0.05, 0.1) is 7.11 Å². The topological polar surface area (TPSA) is 29.5 Å². The molecule has 1 aliphatic heterocycles. The van der Waals surface area contributed by atoms with Gasteiger partial charge in [-0.05, 0) is 37.8 Å². The summed E-state index contributed by atoms with van der Waals surface area (Å²) < 4.78 is 4.90. The highest BCUT2D eigenvalue weighted by Crippen LogP contribution is 2.35. The number of rotatable bonds is 2. The van der Waals surface area contributed by atoms with Crippen LogP contribution in [0.5, 0.6) is 0 Å². The fraction of sp³-hybridized carbons (Fsp3) is 0.769. The summed E-state index contributed by atoms with van der Waals surface area (Å²) in [6, 6.07) is 0. The molecule has 2 rings (SSSR count). The number of esters is 1. The van der Waals surface area contributed by atoms with Gasteiger partial charge in [0, 0.05) is 18.7 Å². The van der Waals surface area contributed by atoms with Crippen LogP contribution in [-0.2, 0) is 9.53 Å². The third-order valence-electron chi connectivity index (χ3n) is 3.85. The SMILES string of the molecule is COC(=O)C1=C(C2CCCC2)CN(C)CC1. The molecule has 0 aromatic heterocycles. The minimum Gasteiger partial charge on any atom is -0.466 e. The Balaban J connectivity index is 2.23. The van der Waals surface area contributed by atoms with Gasteiger partial charge in [-0.1, -0.05) is 12.8 Å². The van der Waals surface area contributed by atoms with Gasteiger partial charge in [-0.3, -0.25) is 0 Å². The van der Waals surface area contributed by atoms with E-state index in [0.29, 0.717) is 5.92 Å². The standard InChI is InChI=1S/C13H21NO2/c1-14-8-7-11(13(15)16-2)12(9-14)10-5-3-4-6-10/h10H,3-9H2,1-2H3. The predicted octanol–water partition coefficient (Wildman–Crippen LogP) is 1.98. The van der Waals surface area contributed by atoms with Crippen LogP contribution in [0.15, 0.2) is 11.1 Å². The van der Waals surface area contributed by atoms with E-state index in [1.165, 1.54) is 38.4 Å². The first kappa shape index (κ1) is 11.6. The van der Waals surface area contributed by atoms with E-state index in [-0.39, 0.29) is 5.97 Å². The summed E-state index contributed by atoms with van der Waals surface area (Å²) in [7, 11) is 3.61. The van der Waals surface area contributed by atoms with Gasteiger partial charge in [0.25, 0.3) is 0 Å². The van der Waals surface area contributed by atoms with Crippen LogP contribution in [0.25, 0.3) is 0 Å². The largest absolute Gasteiger partial charge is 0.466 e. The summed E-state index contributed by atoms with van der Waals surface area (Å²) in [4.78, 5) is 14.0. The second kappa shape index (κ2) is 5.00. The van der Waals surface area contributed by atoms with Crippen LogP contribution in [0.3, 0.4) is 0 Å². The van der Waals surface area contributed by atoms with Gasteiger partial charge in [-0.25, -0.2) is 4.79 Å². The van der Waals surface area contributed by atoms with Crippen LogP contribution in [0.2, 0.25) is 0 Å². The van der Waals surface area contributed by atoms with Crippen LogP contribution in [0.1, 0.15) is 32.1 Å². The van der Waals surface area contributed by atoms with Crippen molar-refractivity contribution in [1.29, 1.82) is 0 Å². The minimum atomic E-state index is -0.102. The van der Waals surface area contributed by atoms with Crippen LogP contribution in [-0.4, -0.2) is 38.1 Å². The van der Waals surface area contributed by atoms with Crippen LogP contribution < -0.4 is 0 Å². The zero-order valence-electron chi connectivity index (χ0n) is 10.3. The fourth-order valence-corrected chi connectivity index (χ4v) is 2.93. The molecule has 90 valence electrons. The highest BCUT2D eigenvalue weighted by atomic mass is 16.5. The highest BCUT2D eigenvalue weighted by molar-refractivity contribution is 5.89. The average Bonchev–Trinajstić information content (AvgIpc) is 2.81. The van der Waals surface area contributed by atoms with E-state index in [1.54, 1.807) is 0 Å². The lowest BCUT2D eigenvalue weighted by molar-refractivity contribution is -0.136. The number of nitrogens with zero attached hydrogens (tertiary/aromatic N) is 1. The predicted molar refractivity (Wildman–Crippen MR) is 63.1 cm³/mol. The first-order chi connectivity index (χ1) is 7.72. The minimum absolute atomic E-state index is 0.102. The molecular formula is C13H21NO2. The molecule has 1 aliphatic carbocycles. The third kappa shape index (κ3) is 2.29. The second-order valence-corrected chi connectivity index (χ2v) is 4.96. The molecule has 3 nitrogen and oxygen atoms in total. The Morgan fingerprint density at radius 1 is 1.38 bits per heavy atom. The normalized spacial score (nSPS) is 23.9. The molecule has 16 heavy (non-hydrogen) atoms. The molecule has 0 aromatic rings. The van der Waals surface area contributed by atoms with Crippen molar-refractivity contribution in [2.75, 3.05) is 27.2 Å². The van der Waals surface area contributed by atoms with Crippen molar-refractivity contribution in [3.8, 4) is 0 Å². The molecule has 0 spiro atoms. The Hall–Kier alpha value is -0.830. The zero-order valence-corrected chi connectivity index (χ0v) is 10.3. The highest BCUT2D eigenvalue weighted by Gasteiger charge is 2.29. The smallest absolute Gasteiger partial charge is 0.333 e. The zero-order chi connectivity index (χ0) is 11.5. The van der Waals surface area contributed by atoms with E-state index in [0.717, 1.165) is 25.1 Å². The van der Waals surface area contributed by atoms with Crippen molar-refractivity contribution in [3.63, 3.8) is 0 Å². The monoisotopic (exact) mass is 223 g/mol. The quantitative estimate of drug-likeness (QED) is 0.670. The van der Waals surface area contributed by atoms with E-state index in [1.807, 2.05) is 0 Å². The lowest BCUT2D eigenvalue weighted by Gasteiger charge is -2.29. The molecule has 0 aromatic carbocycles. The number of methoxy groups -OCH3 is 1. The van der Waals surface area contributed by atoms with Crippen LogP contribution in [0.4, 0.5) is 0 Å². The molecule has 3 heteroatoms. The maximum atomic E-state index is 11.7. The molecule has 0 amide bonds. The summed E-state index contributed by atoms with van der Waals surface area (Å²) in [6.45, 7) is 1.93. The molecule has 1 saturated carbocycles. The molecule has 0 atom stereocenters. The van der Waals surface area contributed by atoms with Crippen molar-refractivity contribution in [1.82, 2.24) is 4.90 Å². The van der Waals surface area contributed by atoms with Gasteiger partial charge in [-0.2, -0.15) is 0 Å². The van der Waals surface area contributed by atoms with Crippen molar-refractivity contribution < 1.29 is 9.53 Å². The fourth-order valence-electron chi connectivity index (χ4n) is 2.93. The summed E-state index contributed by atoms with van der Waals surface area (Å²) in [5.41, 5.74) is 2.32. The number of carbonyl (C=O) groups is 1. The van der Waals surface area contributed by atoms with Crippen LogP contribution in [0, 0.1) is 5.92 Å². The Labute approximate surface area is 97.5 Å². The Morgan fingerprint density at radius 2 is 2.06 bits per heavy atom. The maximum absolute atomic E-state index is 11.7. The lowest BCUT2D eigenvalue weighted by atomic mass is 9.88. The maximum Gasteiger partial charge on any atom is 0.333 e. The summed E-state index contributed by atoms with van der Waals surface area (Å²) in [5, 5.41) is 0. The van der Waals surface area contributed by atoms with E-state index < -0.39 is 0 Å². The molecule has 0 radical (unpaired) electrons. The molecule has 2 aliphatic rings. The molecular weight excluding hydrogens is 202 g/mol. The Kier molecular flexibility index (Phi) is 3.64. The molecule has 1 heterocycles. The average molecular weight is 223 g/mol. The number of hydrogen-bond donors (Lipinski definition) is 0. The number of hydrogen-bond acceptors (Lipinski definition) is 3. The first-order valence-electron chi connectivity index (χ1n) is 6.21. The van der Waals surface area contributed by atoms with Crippen molar-refractivity contribution in [3.05, 3.63) is 11.1 Å². The molecule has 0 N–H and O–H groups in total. The summed E-state index contributed by atoms with van der Waals surface area (Å²) in [5.74, 6) is 0.534. The number of ether oxygens (including phenoxy) is 1. The third-order valence-corrected chi connectivity index (χ3v) is 3.85. The van der Waals surface area contributed by atoms with Gasteiger partial charge in [0.2, 0.25) is 0 Å². The van der Waals surface area contributed by atoms with Crippen LogP contribution >= 0.6 is 0 Å². The molecule has 0 saturated heterocycles. The van der Waals surface area contributed by atoms with Crippen molar-refractivity contribution >= 4 is 5.97 Å². The van der Waals surface area contributed by atoms with Gasteiger partial charge >= 0.3 is 5.97 Å². The van der Waals surface area contributed by atoms with Gasteiger partial charge in [-0.15, -0.1) is 0 Å². The first-order valence-corrected chi connectivity index (χ1v) is 6.21. The van der Waals surface area contributed by atoms with E-state index in [4.69, 9.17) is 4.74 Å². The summed E-state index contributed by atoms with van der Waals surface area (Å²) in [6.07, 6.45) is 5.99. The number of likely N-dealkylation sites (N-methyl/N-ethyl adjacent to an activating group) is 1. The second-order valence-electron chi connectivity index (χ2n) is 4.96. The lowest BCUT2D eigenvalue weighted by Crippen LogP contribution is -2.32. The van der Waals surface area contributed by atoms with Gasteiger partial charge < -0.3 is 9.64 Å². The van der Waals surface area contributed by atoms with Gasteiger partial charge in [0.1, 0.15) is 0 Å². The molecule has 0 bridgehead atoms. The molecule has 0 unspecified atom stereocenters. The summed E-state index contributed by atoms with van der Waals surface area (Å²) >= 11 is 0. The Bertz CT molecular complexity index is 303. The van der Waals surface area contributed by atoms with Gasteiger partial charge in [0.15, 0.2) is 0 Å². The van der Waals surface area contributed by atoms with Crippen molar-refractivity contribution in [2.45, 2.75) is 32.1 Å². The van der Waals surface area contributed by atoms with E-state index >= 15 is 0 Å². The number of carbonyl (C=O) groups excluding carboxylic acids is 1. The van der Waals surface area contributed by atoms with E-state index in [9.17, 15) is 4.79 Å². The Morgan fingerprint density at radius 3 is 2.69 bits per heavy atom. The molecule has 1 fully saturated rings. The van der Waals surface area contributed by atoms with Crippen molar-refractivity contribution in [2.24, 2.45) is 5.92 Å². The van der Waals surface area contributed by atoms with E-state index in [2.05, 4.69) is 11.9 Å².